The molecule has 0 saturated carbocycles. The number of hydrogen-bond acceptors (Lipinski definition) is 15. The highest BCUT2D eigenvalue weighted by molar-refractivity contribution is 7.47. The van der Waals surface area contributed by atoms with Crippen LogP contribution in [-0.4, -0.2) is 96.7 Å². The summed E-state index contributed by atoms with van der Waals surface area (Å²) in [4.78, 5) is 72.8. The summed E-state index contributed by atoms with van der Waals surface area (Å²) in [6, 6.07) is 0. The predicted molar refractivity (Wildman–Crippen MR) is 395 cm³/mol. The standard InChI is InChI=1S/C78H152O17P2/c1-9-71(8)57-49-41-35-37-43-51-59-76(81)89-65-74(95-78(83)61-53-45-33-29-25-21-17-16-19-23-27-31-39-47-55-69(4)5)67-93-97(86,87)91-63-72(79)62-90-96(84,85)92-66-73(64-88-75(80)58-50-42-36-34-40-48-56-70(6)7)94-77(82)60-52-44-32-28-24-20-15-13-11-10-12-14-18-22-26-30-38-46-54-68(2)3/h68-74,79H,9-67H2,1-8H3,(H,84,85)(H,86,87)/t71?,72-,73-,74-/m1/s1. The van der Waals surface area contributed by atoms with E-state index < -0.39 is 97.5 Å². The minimum absolute atomic E-state index is 0.106. The van der Waals surface area contributed by atoms with Gasteiger partial charge in [-0.3, -0.25) is 37.3 Å². The Kier molecular flexibility index (Phi) is 65.9. The van der Waals surface area contributed by atoms with Crippen molar-refractivity contribution in [1.29, 1.82) is 0 Å². The van der Waals surface area contributed by atoms with Crippen LogP contribution in [0.3, 0.4) is 0 Å². The SMILES string of the molecule is CCC(C)CCCCCCCCC(=O)OC[C@H](COP(=O)(O)OC[C@H](O)COP(=O)(O)OC[C@@H](COC(=O)CCCCCCCCC(C)C)OC(=O)CCCCCCCCCCCCCCCCCCCCC(C)C)OC(=O)CCCCCCCCCCCCCCCCC(C)C. The Morgan fingerprint density at radius 3 is 0.732 bits per heavy atom. The van der Waals surface area contributed by atoms with Crippen LogP contribution < -0.4 is 0 Å². The number of esters is 4. The third kappa shape index (κ3) is 70.9. The zero-order valence-corrected chi connectivity index (χ0v) is 65.5. The molecule has 0 aromatic carbocycles. The predicted octanol–water partition coefficient (Wildman–Crippen LogP) is 22.8. The molecule has 97 heavy (non-hydrogen) atoms. The van der Waals surface area contributed by atoms with Crippen molar-refractivity contribution in [2.24, 2.45) is 23.7 Å². The molecule has 0 spiro atoms. The Labute approximate surface area is 594 Å². The zero-order valence-electron chi connectivity index (χ0n) is 63.7. The van der Waals surface area contributed by atoms with Gasteiger partial charge < -0.3 is 33.8 Å². The Balaban J connectivity index is 5.16. The zero-order chi connectivity index (χ0) is 71.7. The first-order chi connectivity index (χ1) is 46.6. The molecule has 0 aromatic heterocycles. The van der Waals surface area contributed by atoms with Crippen molar-refractivity contribution >= 4 is 39.5 Å². The van der Waals surface area contributed by atoms with Crippen molar-refractivity contribution in [3.63, 3.8) is 0 Å². The van der Waals surface area contributed by atoms with Crippen LogP contribution in [0.25, 0.3) is 0 Å². The largest absolute Gasteiger partial charge is 0.472 e. The quantitative estimate of drug-likeness (QED) is 0.0222. The lowest BCUT2D eigenvalue weighted by molar-refractivity contribution is -0.161. The number of ether oxygens (including phenoxy) is 4. The van der Waals surface area contributed by atoms with E-state index in [1.807, 2.05) is 0 Å². The van der Waals surface area contributed by atoms with Crippen LogP contribution in [0.15, 0.2) is 0 Å². The van der Waals surface area contributed by atoms with Gasteiger partial charge in [0.25, 0.3) is 0 Å². The molecule has 0 aromatic rings. The van der Waals surface area contributed by atoms with Gasteiger partial charge >= 0.3 is 39.5 Å². The molecular formula is C78H152O17P2. The second-order valence-electron chi connectivity index (χ2n) is 29.8. The van der Waals surface area contributed by atoms with Gasteiger partial charge in [0.1, 0.15) is 19.3 Å². The van der Waals surface area contributed by atoms with E-state index in [0.29, 0.717) is 31.6 Å². The molecule has 6 atom stereocenters. The highest BCUT2D eigenvalue weighted by Crippen LogP contribution is 2.45. The average molecular weight is 1420 g/mol. The minimum atomic E-state index is -4.96. The fourth-order valence-corrected chi connectivity index (χ4v) is 13.5. The summed E-state index contributed by atoms with van der Waals surface area (Å²) in [7, 11) is -9.91. The molecule has 576 valence electrons. The Hall–Kier alpha value is -1.94. The lowest BCUT2D eigenvalue weighted by Gasteiger charge is -2.21. The van der Waals surface area contributed by atoms with Crippen LogP contribution in [0.1, 0.15) is 396 Å². The van der Waals surface area contributed by atoms with Crippen molar-refractivity contribution in [2.75, 3.05) is 39.6 Å². The summed E-state index contributed by atoms with van der Waals surface area (Å²) in [5, 5.41) is 10.6. The molecule has 0 fully saturated rings. The van der Waals surface area contributed by atoms with Crippen molar-refractivity contribution in [2.45, 2.75) is 414 Å². The summed E-state index contributed by atoms with van der Waals surface area (Å²) >= 11 is 0. The first-order valence-corrected chi connectivity index (χ1v) is 43.2. The molecule has 0 saturated heterocycles. The Morgan fingerprint density at radius 1 is 0.289 bits per heavy atom. The van der Waals surface area contributed by atoms with Gasteiger partial charge in [-0.05, 0) is 49.4 Å². The number of carbonyl (C=O) groups is 4. The second kappa shape index (κ2) is 67.2. The molecule has 17 nitrogen and oxygen atoms in total. The Morgan fingerprint density at radius 2 is 0.495 bits per heavy atom. The van der Waals surface area contributed by atoms with E-state index in [1.165, 1.54) is 186 Å². The number of rotatable bonds is 75. The lowest BCUT2D eigenvalue weighted by Crippen LogP contribution is -2.30. The van der Waals surface area contributed by atoms with E-state index in [1.54, 1.807) is 0 Å². The van der Waals surface area contributed by atoms with E-state index in [4.69, 9.17) is 37.0 Å². The molecule has 0 radical (unpaired) electrons. The van der Waals surface area contributed by atoms with Gasteiger partial charge in [0.05, 0.1) is 26.4 Å². The van der Waals surface area contributed by atoms with E-state index in [9.17, 15) is 43.2 Å². The van der Waals surface area contributed by atoms with Crippen LogP contribution in [0.4, 0.5) is 0 Å². The normalized spacial score (nSPS) is 14.4. The van der Waals surface area contributed by atoms with Crippen molar-refractivity contribution < 1.29 is 80.2 Å². The molecule has 0 aliphatic heterocycles. The van der Waals surface area contributed by atoms with Gasteiger partial charge in [0.15, 0.2) is 12.2 Å². The van der Waals surface area contributed by atoms with E-state index >= 15 is 0 Å². The van der Waals surface area contributed by atoms with Crippen LogP contribution >= 0.6 is 15.6 Å². The molecule has 0 heterocycles. The van der Waals surface area contributed by atoms with Gasteiger partial charge in [-0.15, -0.1) is 0 Å². The van der Waals surface area contributed by atoms with E-state index in [2.05, 4.69) is 55.4 Å². The lowest BCUT2D eigenvalue weighted by atomic mass is 10.00. The van der Waals surface area contributed by atoms with Crippen LogP contribution in [-0.2, 0) is 65.4 Å². The van der Waals surface area contributed by atoms with Crippen molar-refractivity contribution in [1.82, 2.24) is 0 Å². The summed E-state index contributed by atoms with van der Waals surface area (Å²) in [5.74, 6) is 0.903. The first-order valence-electron chi connectivity index (χ1n) is 40.2. The second-order valence-corrected chi connectivity index (χ2v) is 32.7. The molecule has 3 N–H and O–H groups in total. The molecule has 0 amide bonds. The smallest absolute Gasteiger partial charge is 0.462 e. The maximum Gasteiger partial charge on any atom is 0.472 e. The van der Waals surface area contributed by atoms with Gasteiger partial charge in [-0.2, -0.15) is 0 Å². The molecule has 3 unspecified atom stereocenters. The first kappa shape index (κ1) is 95.1. The number of carbonyl (C=O) groups excluding carboxylic acids is 4. The van der Waals surface area contributed by atoms with Gasteiger partial charge in [-0.25, -0.2) is 9.13 Å². The van der Waals surface area contributed by atoms with Gasteiger partial charge in [0, 0.05) is 25.7 Å². The number of aliphatic hydroxyl groups excluding tert-OH is 1. The number of phosphoric ester groups is 2. The number of aliphatic hydroxyl groups is 1. The highest BCUT2D eigenvalue weighted by Gasteiger charge is 2.30. The molecule has 0 aliphatic carbocycles. The van der Waals surface area contributed by atoms with E-state index in [0.717, 1.165) is 120 Å². The fourth-order valence-electron chi connectivity index (χ4n) is 11.9. The maximum atomic E-state index is 13.1. The maximum absolute atomic E-state index is 13.1. The number of unbranched alkanes of at least 4 members (excludes halogenated alkanes) is 40. The number of phosphoric acid groups is 2. The molecule has 0 rings (SSSR count). The average Bonchev–Trinajstić information content (AvgIpc) is 1.37. The summed E-state index contributed by atoms with van der Waals surface area (Å²) < 4.78 is 68.5. The molecular weight excluding hydrogens is 1270 g/mol. The monoisotopic (exact) mass is 1420 g/mol. The van der Waals surface area contributed by atoms with Crippen molar-refractivity contribution in [3.05, 3.63) is 0 Å². The number of hydrogen-bond donors (Lipinski definition) is 3. The Bertz CT molecular complexity index is 1900. The van der Waals surface area contributed by atoms with Gasteiger partial charge in [0.2, 0.25) is 0 Å². The minimum Gasteiger partial charge on any atom is -0.462 e. The van der Waals surface area contributed by atoms with Gasteiger partial charge in [-0.1, -0.05) is 344 Å². The third-order valence-corrected chi connectivity index (χ3v) is 20.3. The summed E-state index contributed by atoms with van der Waals surface area (Å²) in [6.07, 6.45) is 53.0. The molecule has 0 bridgehead atoms. The highest BCUT2D eigenvalue weighted by atomic mass is 31.2. The van der Waals surface area contributed by atoms with Crippen LogP contribution in [0, 0.1) is 23.7 Å². The third-order valence-electron chi connectivity index (χ3n) is 18.4. The topological polar surface area (TPSA) is 237 Å². The molecule has 0 aliphatic rings. The van der Waals surface area contributed by atoms with E-state index in [-0.39, 0.29) is 25.7 Å². The van der Waals surface area contributed by atoms with Crippen molar-refractivity contribution in [3.8, 4) is 0 Å². The summed E-state index contributed by atoms with van der Waals surface area (Å²) in [5.41, 5.74) is 0. The molecule has 19 heteroatoms. The summed E-state index contributed by atoms with van der Waals surface area (Å²) in [6.45, 7) is 14.1. The van der Waals surface area contributed by atoms with Crippen LogP contribution in [0.2, 0.25) is 0 Å². The fraction of sp³-hybridized carbons (Fsp3) is 0.949. The van der Waals surface area contributed by atoms with Crippen LogP contribution in [0.5, 0.6) is 0 Å².